The van der Waals surface area contributed by atoms with E-state index in [0.29, 0.717) is 0 Å². The van der Waals surface area contributed by atoms with Crippen LogP contribution in [0.4, 0.5) is 0 Å². The van der Waals surface area contributed by atoms with E-state index in [4.69, 9.17) is 5.73 Å². The zero-order chi connectivity index (χ0) is 9.10. The highest BCUT2D eigenvalue weighted by atomic mass is 32.2. The molecule has 2 atom stereocenters. The van der Waals surface area contributed by atoms with Gasteiger partial charge in [0.05, 0.1) is 0 Å². The molecule has 2 N–H and O–H groups in total. The van der Waals surface area contributed by atoms with Crippen molar-refractivity contribution in [3.63, 3.8) is 0 Å². The van der Waals surface area contributed by atoms with Crippen molar-refractivity contribution in [2.24, 2.45) is 11.7 Å². The minimum Gasteiger partial charge on any atom is -0.330 e. The second-order valence-electron chi connectivity index (χ2n) is 3.57. The van der Waals surface area contributed by atoms with Crippen LogP contribution in [0.25, 0.3) is 0 Å². The number of hydrogen-bond donors (Lipinski definition) is 1. The van der Waals surface area contributed by atoms with Crippen LogP contribution < -0.4 is 5.73 Å². The molecule has 1 nitrogen and oxygen atoms in total. The first-order chi connectivity index (χ1) is 6.40. The minimum atomic E-state index is 0.800. The predicted octanol–water partition coefficient (Wildman–Crippen LogP) is 2.27. The van der Waals surface area contributed by atoms with Crippen LogP contribution in [0, 0.1) is 5.92 Å². The summed E-state index contributed by atoms with van der Waals surface area (Å²) in [6.45, 7) is 0.868. The van der Waals surface area contributed by atoms with Crippen molar-refractivity contribution >= 4 is 11.8 Å². The molecular weight excluding hydrogens is 178 g/mol. The maximum Gasteiger partial charge on any atom is 0.0187 e. The van der Waals surface area contributed by atoms with E-state index in [1.165, 1.54) is 12.0 Å². The highest BCUT2D eigenvalue weighted by molar-refractivity contribution is 7.99. The van der Waals surface area contributed by atoms with Crippen molar-refractivity contribution in [2.45, 2.75) is 17.4 Å². The van der Waals surface area contributed by atoms with Gasteiger partial charge in [0, 0.05) is 11.0 Å². The normalized spacial score (nSPS) is 25.9. The van der Waals surface area contributed by atoms with Gasteiger partial charge in [-0.25, -0.2) is 0 Å². The van der Waals surface area contributed by atoms with E-state index in [1.807, 2.05) is 11.8 Å². The molecule has 13 heavy (non-hydrogen) atoms. The molecule has 1 aliphatic rings. The quantitative estimate of drug-likeness (QED) is 0.794. The Hall–Kier alpha value is -0.470. The van der Waals surface area contributed by atoms with E-state index in [1.54, 1.807) is 0 Å². The molecule has 1 aromatic rings. The third-order valence-corrected chi connectivity index (χ3v) is 3.97. The molecule has 2 heteroatoms. The molecule has 1 aromatic carbocycles. The summed E-state index contributed by atoms with van der Waals surface area (Å²) in [4.78, 5) is 0. The lowest BCUT2D eigenvalue weighted by atomic mass is 10.2. The highest BCUT2D eigenvalue weighted by Gasteiger charge is 2.35. The molecule has 2 unspecified atom stereocenters. The molecule has 1 saturated carbocycles. The van der Waals surface area contributed by atoms with E-state index in [2.05, 4.69) is 30.3 Å². The average molecular weight is 193 g/mol. The lowest BCUT2D eigenvalue weighted by Crippen LogP contribution is -2.02. The molecule has 1 fully saturated rings. The molecule has 0 radical (unpaired) electrons. The molecule has 2 rings (SSSR count). The van der Waals surface area contributed by atoms with Crippen molar-refractivity contribution in [3.8, 4) is 0 Å². The third kappa shape index (κ3) is 2.48. The summed E-state index contributed by atoms with van der Waals surface area (Å²) in [5, 5.41) is 0.838. The summed E-state index contributed by atoms with van der Waals surface area (Å²) in [5.41, 5.74) is 7.01. The van der Waals surface area contributed by atoms with Crippen LogP contribution in [-0.4, -0.2) is 11.8 Å². The van der Waals surface area contributed by atoms with E-state index in [0.717, 1.165) is 23.5 Å². The Morgan fingerprint density at radius 3 is 2.69 bits per heavy atom. The number of hydrogen-bond acceptors (Lipinski definition) is 2. The largest absolute Gasteiger partial charge is 0.330 e. The average Bonchev–Trinajstić information content (AvgIpc) is 2.95. The van der Waals surface area contributed by atoms with Crippen LogP contribution in [0.3, 0.4) is 0 Å². The van der Waals surface area contributed by atoms with E-state index < -0.39 is 0 Å². The minimum absolute atomic E-state index is 0.800. The number of benzene rings is 1. The van der Waals surface area contributed by atoms with Gasteiger partial charge in [0.15, 0.2) is 0 Å². The Balaban J connectivity index is 1.75. The zero-order valence-electron chi connectivity index (χ0n) is 7.65. The molecule has 0 bridgehead atoms. The SMILES string of the molecule is NCC1CC1SCc1ccccc1. The first kappa shape index (κ1) is 9.10. The fourth-order valence-electron chi connectivity index (χ4n) is 1.45. The summed E-state index contributed by atoms with van der Waals surface area (Å²) in [6, 6.07) is 10.6. The van der Waals surface area contributed by atoms with Crippen LogP contribution in [0.5, 0.6) is 0 Å². The second kappa shape index (κ2) is 4.16. The Labute approximate surface area is 83.7 Å². The summed E-state index contributed by atoms with van der Waals surface area (Å²) in [7, 11) is 0. The zero-order valence-corrected chi connectivity index (χ0v) is 8.46. The van der Waals surface area contributed by atoms with Crippen molar-refractivity contribution in [1.29, 1.82) is 0 Å². The van der Waals surface area contributed by atoms with Crippen molar-refractivity contribution in [3.05, 3.63) is 35.9 Å². The smallest absolute Gasteiger partial charge is 0.0187 e. The number of thioether (sulfide) groups is 1. The first-order valence-corrected chi connectivity index (χ1v) is 5.80. The van der Waals surface area contributed by atoms with Gasteiger partial charge in [-0.3, -0.25) is 0 Å². The topological polar surface area (TPSA) is 26.0 Å². The van der Waals surface area contributed by atoms with Crippen LogP contribution in [0.1, 0.15) is 12.0 Å². The van der Waals surface area contributed by atoms with E-state index >= 15 is 0 Å². The standard InChI is InChI=1S/C11H15NS/c12-7-10-6-11(10)13-8-9-4-2-1-3-5-9/h1-5,10-11H,6-8,12H2. The van der Waals surface area contributed by atoms with Crippen molar-refractivity contribution in [1.82, 2.24) is 0 Å². The van der Waals surface area contributed by atoms with Crippen LogP contribution in [0.15, 0.2) is 30.3 Å². The molecule has 0 aromatic heterocycles. The second-order valence-corrected chi connectivity index (χ2v) is 4.79. The van der Waals surface area contributed by atoms with E-state index in [9.17, 15) is 0 Å². The molecule has 0 aliphatic heterocycles. The molecule has 0 spiro atoms. The van der Waals surface area contributed by atoms with Crippen molar-refractivity contribution in [2.75, 3.05) is 6.54 Å². The summed E-state index contributed by atoms with van der Waals surface area (Å²) in [6.07, 6.45) is 1.33. The molecule has 0 saturated heterocycles. The summed E-state index contributed by atoms with van der Waals surface area (Å²) < 4.78 is 0. The van der Waals surface area contributed by atoms with Gasteiger partial charge in [0.25, 0.3) is 0 Å². The van der Waals surface area contributed by atoms with Gasteiger partial charge < -0.3 is 5.73 Å². The predicted molar refractivity (Wildman–Crippen MR) is 58.7 cm³/mol. The van der Waals surface area contributed by atoms with E-state index in [-0.39, 0.29) is 0 Å². The fourth-order valence-corrected chi connectivity index (χ4v) is 2.81. The van der Waals surface area contributed by atoms with Gasteiger partial charge in [0.2, 0.25) is 0 Å². The van der Waals surface area contributed by atoms with Gasteiger partial charge in [0.1, 0.15) is 0 Å². The van der Waals surface area contributed by atoms with Crippen molar-refractivity contribution < 1.29 is 0 Å². The van der Waals surface area contributed by atoms with Gasteiger partial charge in [-0.2, -0.15) is 11.8 Å². The maximum atomic E-state index is 5.58. The van der Waals surface area contributed by atoms with Gasteiger partial charge in [-0.15, -0.1) is 0 Å². The fraction of sp³-hybridized carbons (Fsp3) is 0.455. The molecular formula is C11H15NS. The van der Waals surface area contributed by atoms with Gasteiger partial charge in [-0.05, 0) is 24.4 Å². The molecule has 1 aliphatic carbocycles. The number of nitrogens with two attached hydrogens (primary N) is 1. The Bertz CT molecular complexity index is 260. The maximum absolute atomic E-state index is 5.58. The van der Waals surface area contributed by atoms with Gasteiger partial charge >= 0.3 is 0 Å². The summed E-state index contributed by atoms with van der Waals surface area (Å²) >= 11 is 2.05. The molecule has 0 heterocycles. The van der Waals surface area contributed by atoms with Gasteiger partial charge in [-0.1, -0.05) is 30.3 Å². The molecule has 70 valence electrons. The Morgan fingerprint density at radius 1 is 1.31 bits per heavy atom. The molecule has 0 amide bonds. The third-order valence-electron chi connectivity index (χ3n) is 2.47. The highest BCUT2D eigenvalue weighted by Crippen LogP contribution is 2.41. The van der Waals surface area contributed by atoms with Crippen LogP contribution in [0.2, 0.25) is 0 Å². The number of rotatable bonds is 4. The monoisotopic (exact) mass is 193 g/mol. The van der Waals surface area contributed by atoms with Crippen LogP contribution >= 0.6 is 11.8 Å². The van der Waals surface area contributed by atoms with Crippen LogP contribution in [-0.2, 0) is 5.75 Å². The Morgan fingerprint density at radius 2 is 2.08 bits per heavy atom. The summed E-state index contributed by atoms with van der Waals surface area (Å²) in [5.74, 6) is 1.94. The Kier molecular flexibility index (Phi) is 2.91. The first-order valence-electron chi connectivity index (χ1n) is 4.75. The lowest BCUT2D eigenvalue weighted by Gasteiger charge is -1.99. The lowest BCUT2D eigenvalue weighted by molar-refractivity contribution is 0.851.